The lowest BCUT2D eigenvalue weighted by atomic mass is 9.74. The van der Waals surface area contributed by atoms with E-state index in [1.165, 1.54) is 27.5 Å². The van der Waals surface area contributed by atoms with E-state index in [9.17, 15) is 18.0 Å². The van der Waals surface area contributed by atoms with Gasteiger partial charge in [0.2, 0.25) is 5.82 Å². The van der Waals surface area contributed by atoms with Crippen molar-refractivity contribution in [3.8, 4) is 22.9 Å². The number of carbonyl (C=O) groups is 1. The van der Waals surface area contributed by atoms with E-state index in [0.29, 0.717) is 53.6 Å². The molecule has 5 aromatic carbocycles. The van der Waals surface area contributed by atoms with E-state index in [-0.39, 0.29) is 52.4 Å². The van der Waals surface area contributed by atoms with Crippen LogP contribution in [0.2, 0.25) is 0 Å². The van der Waals surface area contributed by atoms with Gasteiger partial charge in [0.05, 0.1) is 11.3 Å². The topological polar surface area (TPSA) is 118 Å². The summed E-state index contributed by atoms with van der Waals surface area (Å²) in [7, 11) is 0. The number of carbonyl (C=O) groups excluding carboxylic acids is 1. The van der Waals surface area contributed by atoms with Crippen LogP contribution < -0.4 is 25.0 Å². The number of para-hydroxylation sites is 2. The third-order valence-electron chi connectivity index (χ3n) is 13.4. The molecule has 11 nitrogen and oxygen atoms in total. The van der Waals surface area contributed by atoms with Crippen LogP contribution in [0.15, 0.2) is 125 Å². The van der Waals surface area contributed by atoms with Crippen molar-refractivity contribution in [1.82, 2.24) is 20.2 Å². The van der Waals surface area contributed by atoms with Crippen molar-refractivity contribution in [2.45, 2.75) is 103 Å². The Balaban J connectivity index is 1.09. The maximum atomic E-state index is 14.8. The summed E-state index contributed by atoms with van der Waals surface area (Å²) in [5, 5.41) is 15.6. The summed E-state index contributed by atoms with van der Waals surface area (Å²) in [4.78, 5) is 26.6. The maximum Gasteiger partial charge on any atom is 0.418 e. The van der Waals surface area contributed by atoms with Crippen LogP contribution in [0, 0.1) is 0 Å². The fraction of sp³-hybridized carbons (Fsp3) is 0.364. The fourth-order valence-electron chi connectivity index (χ4n) is 8.49. The van der Waals surface area contributed by atoms with Crippen molar-refractivity contribution in [1.29, 1.82) is 0 Å². The predicted octanol–water partition coefficient (Wildman–Crippen LogP) is 12.5. The standard InChI is InChI=1S/C55H61F3N8O3/c1-7-53(3,4)40-25-24-37(45(34-40)54(5,6)8-2)19-18-28-59-51(67)39-31-38(32-41(33-39)60-36-68-43-20-12-9-13-21-43)49-62-50-48(52(64-66(50)63-49)69-44-22-14-10-15-23-44)61-47-27-26-42(35-46(47)55(56,57)58)65-29-16-11-17-30-65/h9-10,12-15,20-27,31-35,60H,7-8,11,16-19,28-30,36H2,1-6H3,(H,59,67). The Hall–Kier alpha value is -6.96. The lowest BCUT2D eigenvalue weighted by Crippen LogP contribution is -2.29. The number of nitrogens with zero attached hydrogens (tertiary/aromatic N) is 6. The van der Waals surface area contributed by atoms with E-state index in [1.54, 1.807) is 48.5 Å². The molecule has 6 aromatic rings. The molecule has 8 rings (SSSR count). The minimum absolute atomic E-state index is 0.00744. The van der Waals surface area contributed by atoms with Gasteiger partial charge in [0, 0.05) is 42.1 Å². The summed E-state index contributed by atoms with van der Waals surface area (Å²) in [6, 6.07) is 34.4. The highest BCUT2D eigenvalue weighted by Gasteiger charge is 2.37. The van der Waals surface area contributed by atoms with Crippen LogP contribution in [0.3, 0.4) is 0 Å². The molecule has 360 valence electrons. The quantitative estimate of drug-likeness (QED) is 0.0690. The number of halogens is 3. The zero-order valence-electron chi connectivity index (χ0n) is 40.3. The van der Waals surface area contributed by atoms with Crippen LogP contribution in [0.4, 0.5) is 30.2 Å². The van der Waals surface area contributed by atoms with Gasteiger partial charge < -0.3 is 25.0 Å². The van der Waals surface area contributed by atoms with E-state index in [1.807, 2.05) is 41.3 Å². The third-order valence-corrected chi connectivity index (χ3v) is 13.4. The van der Waals surface area contributed by atoms with Gasteiger partial charge in [-0.3, -0.25) is 4.79 Å². The Morgan fingerprint density at radius 1 is 0.783 bits per heavy atom. The molecule has 1 amide bonds. The number of rotatable bonds is 17. The van der Waals surface area contributed by atoms with Gasteiger partial charge in [-0.15, -0.1) is 15.0 Å². The van der Waals surface area contributed by atoms with Crippen LogP contribution in [-0.4, -0.2) is 58.8 Å². The number of alkyl halides is 3. The number of hydrogen-bond donors (Lipinski definition) is 2. The van der Waals surface area contributed by atoms with Gasteiger partial charge in [0.1, 0.15) is 11.5 Å². The number of nitrogens with one attached hydrogen (secondary N) is 2. The molecule has 14 heteroatoms. The van der Waals surface area contributed by atoms with Gasteiger partial charge in [-0.2, -0.15) is 13.2 Å². The monoisotopic (exact) mass is 938 g/mol. The number of hydrogen-bond acceptors (Lipinski definition) is 9. The first kappa shape index (κ1) is 48.5. The predicted molar refractivity (Wildman–Crippen MR) is 268 cm³/mol. The molecule has 2 N–H and O–H groups in total. The average Bonchev–Trinajstić information content (AvgIpc) is 3.91. The molecule has 2 aliphatic rings. The summed E-state index contributed by atoms with van der Waals surface area (Å²) in [6.07, 6.45) is 1.73. The normalized spacial score (nSPS) is 14.7. The van der Waals surface area contributed by atoms with Crippen LogP contribution >= 0.6 is 0 Å². The zero-order valence-corrected chi connectivity index (χ0v) is 40.3. The molecular weight excluding hydrogens is 878 g/mol. The number of aryl methyl sites for hydroxylation is 1. The summed E-state index contributed by atoms with van der Waals surface area (Å²) in [5.41, 5.74) is 4.63. The van der Waals surface area contributed by atoms with Crippen LogP contribution in [-0.2, 0) is 23.4 Å². The number of benzene rings is 5. The van der Waals surface area contributed by atoms with Crippen molar-refractivity contribution < 1.29 is 27.4 Å². The van der Waals surface area contributed by atoms with Crippen LogP contribution in [0.1, 0.15) is 119 Å². The van der Waals surface area contributed by atoms with E-state index >= 15 is 0 Å². The minimum atomic E-state index is -4.71. The van der Waals surface area contributed by atoms with E-state index in [4.69, 9.17) is 14.5 Å². The largest absolute Gasteiger partial charge is 0.473 e. The molecule has 1 saturated heterocycles. The smallest absolute Gasteiger partial charge is 0.418 e. The SMILES string of the molecule is CCC(C)(C)c1ccc(CCCNC(=O)c2cc(NCOc3ccccc3)cc(-c3nc4n(n3)N=C(Oc3ccccc3)C4=Nc3ccc(N4CCCCC4)cc3C(F)(F)F)c2)c(C(C)(C)CC)c1. The Morgan fingerprint density at radius 2 is 1.49 bits per heavy atom. The second-order valence-electron chi connectivity index (χ2n) is 19.0. The first-order valence-electron chi connectivity index (χ1n) is 24.0. The molecule has 0 bridgehead atoms. The molecule has 1 aromatic heterocycles. The van der Waals surface area contributed by atoms with Gasteiger partial charge in [0.15, 0.2) is 18.3 Å². The highest BCUT2D eigenvalue weighted by atomic mass is 19.4. The number of anilines is 2. The molecule has 0 unspecified atom stereocenters. The second kappa shape index (κ2) is 20.7. The van der Waals surface area contributed by atoms with E-state index < -0.39 is 11.7 Å². The molecule has 2 aliphatic heterocycles. The first-order chi connectivity index (χ1) is 33.1. The summed E-state index contributed by atoms with van der Waals surface area (Å²) < 4.78 is 56.6. The molecule has 0 spiro atoms. The van der Waals surface area contributed by atoms with Gasteiger partial charge in [-0.1, -0.05) is 96.1 Å². The highest BCUT2D eigenvalue weighted by Crippen LogP contribution is 2.40. The van der Waals surface area contributed by atoms with Crippen molar-refractivity contribution in [3.05, 3.63) is 149 Å². The second-order valence-corrected chi connectivity index (χ2v) is 19.0. The molecule has 0 radical (unpaired) electrons. The number of amides is 1. The fourth-order valence-corrected chi connectivity index (χ4v) is 8.49. The Kier molecular flexibility index (Phi) is 14.6. The molecular formula is C55H61F3N8O3. The minimum Gasteiger partial charge on any atom is -0.473 e. The average molecular weight is 939 g/mol. The summed E-state index contributed by atoms with van der Waals surface area (Å²) in [5.74, 6) is 0.926. The Morgan fingerprint density at radius 3 is 2.19 bits per heavy atom. The number of ether oxygens (including phenoxy) is 2. The number of aromatic nitrogens is 3. The summed E-state index contributed by atoms with van der Waals surface area (Å²) in [6.45, 7) is 15.5. The molecule has 3 heterocycles. The molecule has 1 fully saturated rings. The van der Waals surface area contributed by atoms with Gasteiger partial charge in [-0.05, 0) is 133 Å². The van der Waals surface area contributed by atoms with Crippen LogP contribution in [0.5, 0.6) is 11.5 Å². The van der Waals surface area contributed by atoms with Gasteiger partial charge >= 0.3 is 6.18 Å². The molecule has 0 aliphatic carbocycles. The summed E-state index contributed by atoms with van der Waals surface area (Å²) >= 11 is 0. The first-order valence-corrected chi connectivity index (χ1v) is 24.0. The van der Waals surface area contributed by atoms with Gasteiger partial charge in [0.25, 0.3) is 11.8 Å². The van der Waals surface area contributed by atoms with Crippen molar-refractivity contribution >= 4 is 34.6 Å². The maximum absolute atomic E-state index is 14.8. The zero-order chi connectivity index (χ0) is 48.8. The molecule has 0 atom stereocenters. The number of piperidine rings is 1. The Bertz CT molecular complexity index is 2810. The third kappa shape index (κ3) is 11.5. The van der Waals surface area contributed by atoms with E-state index in [0.717, 1.165) is 51.0 Å². The number of fused-ring (bicyclic) bond motifs is 1. The highest BCUT2D eigenvalue weighted by molar-refractivity contribution is 6.46. The van der Waals surface area contributed by atoms with E-state index in [2.05, 4.69) is 85.6 Å². The van der Waals surface area contributed by atoms with Crippen LogP contribution in [0.25, 0.3) is 11.4 Å². The van der Waals surface area contributed by atoms with Crippen molar-refractivity contribution in [2.24, 2.45) is 10.1 Å². The van der Waals surface area contributed by atoms with Crippen molar-refractivity contribution in [3.63, 3.8) is 0 Å². The Labute approximate surface area is 402 Å². The number of aliphatic imine (C=N–C) groups is 1. The van der Waals surface area contributed by atoms with Gasteiger partial charge in [-0.25, -0.2) is 9.98 Å². The molecule has 69 heavy (non-hydrogen) atoms. The lowest BCUT2D eigenvalue weighted by molar-refractivity contribution is -0.137. The lowest BCUT2D eigenvalue weighted by Gasteiger charge is -2.31. The van der Waals surface area contributed by atoms with Crippen molar-refractivity contribution in [2.75, 3.05) is 36.6 Å². The molecule has 0 saturated carbocycles.